The maximum atomic E-state index is 13.2. The summed E-state index contributed by atoms with van der Waals surface area (Å²) in [6.07, 6.45) is -0.562. The van der Waals surface area contributed by atoms with Gasteiger partial charge in [0.1, 0.15) is 11.8 Å². The molecule has 2 atom stereocenters. The molecule has 0 spiro atoms. The van der Waals surface area contributed by atoms with Crippen LogP contribution in [0.3, 0.4) is 0 Å². The van der Waals surface area contributed by atoms with Gasteiger partial charge in [0.05, 0.1) is 31.7 Å². The van der Waals surface area contributed by atoms with Gasteiger partial charge in [0.2, 0.25) is 11.8 Å². The lowest BCUT2D eigenvalue weighted by molar-refractivity contribution is -0.140. The first-order chi connectivity index (χ1) is 19.2. The van der Waals surface area contributed by atoms with Gasteiger partial charge in [-0.05, 0) is 51.6 Å². The van der Waals surface area contributed by atoms with Crippen molar-refractivity contribution >= 4 is 46.7 Å². The number of methoxy groups -OCH3 is 1. The molecule has 0 aliphatic rings. The van der Waals surface area contributed by atoms with E-state index in [0.29, 0.717) is 17.1 Å². The van der Waals surface area contributed by atoms with Crippen LogP contribution in [0.1, 0.15) is 31.4 Å². The van der Waals surface area contributed by atoms with Crippen LogP contribution >= 0.6 is 23.1 Å². The Hall–Kier alpha value is -3.63. The van der Waals surface area contributed by atoms with Gasteiger partial charge in [-0.1, -0.05) is 50.2 Å². The van der Waals surface area contributed by atoms with E-state index in [-0.39, 0.29) is 23.9 Å². The molecule has 3 N–H and O–H groups in total. The fourth-order valence-corrected chi connectivity index (χ4v) is 5.68. The summed E-state index contributed by atoms with van der Waals surface area (Å²) in [6.45, 7) is 3.54. The summed E-state index contributed by atoms with van der Waals surface area (Å²) >= 11 is 2.93. The van der Waals surface area contributed by atoms with Gasteiger partial charge in [-0.2, -0.15) is 11.3 Å². The van der Waals surface area contributed by atoms with Gasteiger partial charge >= 0.3 is 5.97 Å². The number of ketones is 1. The molecule has 0 aliphatic heterocycles. The Kier molecular flexibility index (Phi) is 11.8. The van der Waals surface area contributed by atoms with Crippen molar-refractivity contribution in [1.29, 1.82) is 0 Å². The zero-order chi connectivity index (χ0) is 29.1. The molecule has 2 aromatic carbocycles. The third-order valence-corrected chi connectivity index (χ3v) is 7.90. The molecule has 2 unspecified atom stereocenters. The lowest BCUT2D eigenvalue weighted by atomic mass is 10.00. The van der Waals surface area contributed by atoms with Crippen molar-refractivity contribution in [2.24, 2.45) is 5.92 Å². The van der Waals surface area contributed by atoms with Crippen LogP contribution in [-0.2, 0) is 31.4 Å². The van der Waals surface area contributed by atoms with E-state index in [1.54, 1.807) is 31.3 Å². The van der Waals surface area contributed by atoms with Gasteiger partial charge in [0.15, 0.2) is 5.78 Å². The van der Waals surface area contributed by atoms with Gasteiger partial charge in [-0.15, -0.1) is 11.8 Å². The van der Waals surface area contributed by atoms with Gasteiger partial charge in [0.25, 0.3) is 0 Å². The molecule has 0 bridgehead atoms. The number of ether oxygens (including phenoxy) is 1. The Morgan fingerprint density at radius 3 is 2.38 bits per heavy atom. The number of thioether (sulfide) groups is 1. The summed E-state index contributed by atoms with van der Waals surface area (Å²) in [5, 5.41) is 18.7. The molecule has 3 rings (SSSR count). The monoisotopic (exact) mass is 582 g/mol. The molecular weight excluding hydrogens is 548 g/mol. The Balaban J connectivity index is 1.65. The number of carbonyl (C=O) groups excluding carboxylic acids is 3. The Bertz CT molecular complexity index is 1290. The van der Waals surface area contributed by atoms with Crippen molar-refractivity contribution in [1.82, 2.24) is 10.6 Å². The third kappa shape index (κ3) is 9.24. The first kappa shape index (κ1) is 30.9. The molecule has 3 aromatic rings. The van der Waals surface area contributed by atoms with Crippen LogP contribution in [0, 0.1) is 5.92 Å². The Morgan fingerprint density at radius 1 is 1.00 bits per heavy atom. The number of rotatable bonds is 15. The normalized spacial score (nSPS) is 12.4. The van der Waals surface area contributed by atoms with Crippen molar-refractivity contribution in [3.05, 3.63) is 76.5 Å². The SMILES string of the molecule is COc1ccc(-c2ccsc2)cc1CC(=O)NC(C(=O)NC(CC(=O)O)C(=O)CSCc1ccccc1)C(C)C. The second-order valence-electron chi connectivity index (χ2n) is 9.61. The number of carboxylic acid groups (broad SMARTS) is 1. The molecule has 0 fully saturated rings. The van der Waals surface area contributed by atoms with Crippen molar-refractivity contribution in [3.63, 3.8) is 0 Å². The van der Waals surface area contributed by atoms with Crippen LogP contribution in [0.4, 0.5) is 0 Å². The van der Waals surface area contributed by atoms with Gasteiger partial charge in [-0.25, -0.2) is 0 Å². The molecule has 0 saturated carbocycles. The van der Waals surface area contributed by atoms with Crippen molar-refractivity contribution in [3.8, 4) is 16.9 Å². The van der Waals surface area contributed by atoms with E-state index >= 15 is 0 Å². The molecule has 8 nitrogen and oxygen atoms in total. The predicted molar refractivity (Wildman–Crippen MR) is 159 cm³/mol. The van der Waals surface area contributed by atoms with Crippen LogP contribution in [0.5, 0.6) is 5.75 Å². The summed E-state index contributed by atoms with van der Waals surface area (Å²) in [5.41, 5.74) is 3.69. The van der Waals surface area contributed by atoms with Crippen molar-refractivity contribution in [2.45, 2.75) is 44.5 Å². The minimum Gasteiger partial charge on any atom is -0.496 e. The highest BCUT2D eigenvalue weighted by Gasteiger charge is 2.30. The first-order valence-electron chi connectivity index (χ1n) is 12.8. The molecule has 212 valence electrons. The maximum Gasteiger partial charge on any atom is 0.305 e. The summed E-state index contributed by atoms with van der Waals surface area (Å²) in [7, 11) is 1.53. The number of hydrogen-bond acceptors (Lipinski definition) is 7. The highest BCUT2D eigenvalue weighted by atomic mass is 32.2. The predicted octanol–water partition coefficient (Wildman–Crippen LogP) is 4.57. The summed E-state index contributed by atoms with van der Waals surface area (Å²) in [6, 6.07) is 15.0. The van der Waals surface area contributed by atoms with E-state index in [4.69, 9.17) is 4.74 Å². The molecule has 0 aliphatic carbocycles. The van der Waals surface area contributed by atoms with Gasteiger partial charge in [0, 0.05) is 11.3 Å². The minimum atomic E-state index is -1.20. The van der Waals surface area contributed by atoms with Crippen LogP contribution < -0.4 is 15.4 Å². The maximum absolute atomic E-state index is 13.2. The van der Waals surface area contributed by atoms with E-state index in [0.717, 1.165) is 16.7 Å². The fourth-order valence-electron chi connectivity index (χ4n) is 4.08. The van der Waals surface area contributed by atoms with E-state index in [2.05, 4.69) is 10.6 Å². The van der Waals surface area contributed by atoms with Crippen LogP contribution in [0.2, 0.25) is 0 Å². The van der Waals surface area contributed by atoms with Crippen LogP contribution in [0.25, 0.3) is 11.1 Å². The van der Waals surface area contributed by atoms with Crippen LogP contribution in [0.15, 0.2) is 65.4 Å². The van der Waals surface area contributed by atoms with Gasteiger partial charge in [-0.3, -0.25) is 19.2 Å². The van der Waals surface area contributed by atoms with Crippen molar-refractivity contribution in [2.75, 3.05) is 12.9 Å². The molecule has 1 heterocycles. The second-order valence-corrected chi connectivity index (χ2v) is 11.4. The zero-order valence-electron chi connectivity index (χ0n) is 22.7. The number of nitrogens with one attached hydrogen (secondary N) is 2. The Morgan fingerprint density at radius 2 is 1.75 bits per heavy atom. The fraction of sp³-hybridized carbons (Fsp3) is 0.333. The Labute approximate surface area is 242 Å². The number of benzene rings is 2. The quantitative estimate of drug-likeness (QED) is 0.240. The lowest BCUT2D eigenvalue weighted by Gasteiger charge is -2.25. The van der Waals surface area contributed by atoms with E-state index in [1.165, 1.54) is 18.9 Å². The number of aliphatic carboxylic acids is 1. The summed E-state index contributed by atoms with van der Waals surface area (Å²) in [4.78, 5) is 50.6. The number of amides is 2. The molecule has 10 heteroatoms. The zero-order valence-corrected chi connectivity index (χ0v) is 24.3. The lowest BCUT2D eigenvalue weighted by Crippen LogP contribution is -2.54. The molecule has 0 saturated heterocycles. The average Bonchev–Trinajstić information content (AvgIpc) is 3.46. The van der Waals surface area contributed by atoms with Crippen LogP contribution in [-0.4, -0.2) is 53.6 Å². The highest BCUT2D eigenvalue weighted by Crippen LogP contribution is 2.28. The average molecular weight is 583 g/mol. The van der Waals surface area contributed by atoms with Crippen molar-refractivity contribution < 1.29 is 29.0 Å². The molecule has 1 aromatic heterocycles. The topological polar surface area (TPSA) is 122 Å². The smallest absolute Gasteiger partial charge is 0.305 e. The van der Waals surface area contributed by atoms with Gasteiger partial charge < -0.3 is 20.5 Å². The summed E-state index contributed by atoms with van der Waals surface area (Å²) < 4.78 is 5.44. The summed E-state index contributed by atoms with van der Waals surface area (Å²) in [5.74, 6) is -1.70. The second kappa shape index (κ2) is 15.2. The highest BCUT2D eigenvalue weighted by molar-refractivity contribution is 7.99. The standard InChI is InChI=1S/C30H34N2O6S2/c1-19(2)29(32-27(34)14-23-13-21(9-10-26(23)38-3)22-11-12-39-17-22)30(37)31-24(15-28(35)36)25(33)18-40-16-20-7-5-4-6-8-20/h4-13,17,19,24,29H,14-16,18H2,1-3H3,(H,31,37)(H,32,34)(H,35,36). The number of carboxylic acids is 1. The number of carbonyl (C=O) groups is 4. The van der Waals surface area contributed by atoms with E-state index in [1.807, 2.05) is 59.3 Å². The third-order valence-electron chi connectivity index (χ3n) is 6.19. The minimum absolute atomic E-state index is 0.0226. The molecule has 0 radical (unpaired) electrons. The van der Waals surface area contributed by atoms with E-state index < -0.39 is 36.3 Å². The molecule has 2 amide bonds. The largest absolute Gasteiger partial charge is 0.496 e. The number of hydrogen-bond donors (Lipinski definition) is 3. The number of thiophene rings is 1. The molecular formula is C30H34N2O6S2. The molecule has 40 heavy (non-hydrogen) atoms. The number of Topliss-reactive ketones (excluding diaryl/α,β-unsaturated/α-hetero) is 1. The van der Waals surface area contributed by atoms with E-state index in [9.17, 15) is 24.3 Å². The first-order valence-corrected chi connectivity index (χ1v) is 14.9.